The van der Waals surface area contributed by atoms with Crippen molar-refractivity contribution < 1.29 is 4.79 Å². The van der Waals surface area contributed by atoms with Gasteiger partial charge in [0, 0.05) is 12.1 Å². The van der Waals surface area contributed by atoms with Gasteiger partial charge in [-0.15, -0.1) is 0 Å². The summed E-state index contributed by atoms with van der Waals surface area (Å²) in [5, 5.41) is 5.54. The molecule has 1 aromatic carbocycles. The molecule has 1 aromatic rings. The quantitative estimate of drug-likeness (QED) is 0.583. The zero-order valence-corrected chi connectivity index (χ0v) is 11.3. The molecule has 0 saturated heterocycles. The molecule has 3 nitrogen and oxygen atoms in total. The molecule has 1 rings (SSSR count). The lowest BCUT2D eigenvalue weighted by Crippen LogP contribution is -2.31. The summed E-state index contributed by atoms with van der Waals surface area (Å²) in [6.45, 7) is 6.43. The van der Waals surface area contributed by atoms with Gasteiger partial charge in [-0.3, -0.25) is 4.79 Å². The summed E-state index contributed by atoms with van der Waals surface area (Å²) in [5.74, 6) is 0. The summed E-state index contributed by atoms with van der Waals surface area (Å²) in [6.07, 6.45) is 2.37. The van der Waals surface area contributed by atoms with Crippen LogP contribution < -0.4 is 10.6 Å². The number of amides is 1. The number of allylic oxidation sites excluding steroid dienone is 1. The van der Waals surface area contributed by atoms with Gasteiger partial charge in [0.15, 0.2) is 0 Å². The highest BCUT2D eigenvalue weighted by Crippen LogP contribution is 2.12. The Labute approximate surface area is 113 Å². The van der Waals surface area contributed by atoms with Gasteiger partial charge in [0.25, 0.3) is 0 Å². The summed E-state index contributed by atoms with van der Waals surface area (Å²) >= 11 is 5.08. The molecule has 1 amide bonds. The van der Waals surface area contributed by atoms with Gasteiger partial charge in [-0.2, -0.15) is 0 Å². The molecule has 0 bridgehead atoms. The molecule has 0 aliphatic rings. The Balaban J connectivity index is 2.54. The summed E-state index contributed by atoms with van der Waals surface area (Å²) in [7, 11) is 0. The molecular formula is C14H18N2OS. The minimum atomic E-state index is 0.341. The Hall–Kier alpha value is -1.68. The van der Waals surface area contributed by atoms with Crippen LogP contribution in [-0.4, -0.2) is 17.9 Å². The number of aryl methyl sites for hydroxylation is 1. The lowest BCUT2D eigenvalue weighted by Gasteiger charge is -2.12. The highest BCUT2D eigenvalue weighted by molar-refractivity contribution is 7.80. The maximum absolute atomic E-state index is 10.1. The minimum absolute atomic E-state index is 0.341. The monoisotopic (exact) mass is 262 g/mol. The van der Waals surface area contributed by atoms with Gasteiger partial charge < -0.3 is 10.6 Å². The molecule has 0 radical (unpaired) electrons. The maximum atomic E-state index is 10.1. The average Bonchev–Trinajstić information content (AvgIpc) is 2.36. The molecule has 0 heterocycles. The van der Waals surface area contributed by atoms with Gasteiger partial charge in [-0.05, 0) is 17.5 Å². The molecule has 0 aromatic heterocycles. The zero-order valence-electron chi connectivity index (χ0n) is 10.5. The van der Waals surface area contributed by atoms with Crippen LogP contribution in [0.1, 0.15) is 18.1 Å². The molecule has 2 N–H and O–H groups in total. The molecule has 0 unspecified atom stereocenters. The van der Waals surface area contributed by atoms with E-state index in [-0.39, 0.29) is 0 Å². The van der Waals surface area contributed by atoms with E-state index >= 15 is 0 Å². The van der Waals surface area contributed by atoms with Crippen molar-refractivity contribution in [2.75, 3.05) is 6.54 Å². The van der Waals surface area contributed by atoms with E-state index in [2.05, 4.69) is 36.3 Å². The molecule has 0 fully saturated rings. The molecular weight excluding hydrogens is 244 g/mol. The van der Waals surface area contributed by atoms with Gasteiger partial charge in [0.05, 0.1) is 11.5 Å². The molecule has 0 atom stereocenters. The van der Waals surface area contributed by atoms with Crippen LogP contribution in [0.4, 0.5) is 0 Å². The van der Waals surface area contributed by atoms with Crippen LogP contribution in [-0.2, 0) is 17.6 Å². The summed E-state index contributed by atoms with van der Waals surface area (Å²) in [4.78, 5) is 10.7. The maximum Gasteiger partial charge on any atom is 0.207 e. The summed E-state index contributed by atoms with van der Waals surface area (Å²) in [6, 6.07) is 8.28. The number of carbonyl (C=O) groups excluding carboxylic acids is 1. The Morgan fingerprint density at radius 2 is 2.06 bits per heavy atom. The number of thiocarbonyl (C=S) groups is 1. The average molecular weight is 262 g/mol. The van der Waals surface area contributed by atoms with E-state index in [1.807, 2.05) is 12.1 Å². The van der Waals surface area contributed by atoms with Crippen LogP contribution in [0.2, 0.25) is 0 Å². The lowest BCUT2D eigenvalue weighted by molar-refractivity contribution is -0.109. The van der Waals surface area contributed by atoms with Gasteiger partial charge in [-0.1, -0.05) is 50.0 Å². The van der Waals surface area contributed by atoms with E-state index in [0.29, 0.717) is 17.9 Å². The fraction of sp³-hybridized carbons (Fsp3) is 0.286. The SMILES string of the molecule is C=C(Cc1ccccc1CC)NC(=S)CNC=O. The molecule has 0 saturated carbocycles. The first-order valence-electron chi connectivity index (χ1n) is 5.88. The van der Waals surface area contributed by atoms with Crippen LogP contribution in [0.5, 0.6) is 0 Å². The molecule has 0 aliphatic carbocycles. The molecule has 4 heteroatoms. The summed E-state index contributed by atoms with van der Waals surface area (Å²) < 4.78 is 0. The van der Waals surface area contributed by atoms with E-state index in [0.717, 1.165) is 18.5 Å². The topological polar surface area (TPSA) is 41.1 Å². The molecule has 96 valence electrons. The number of nitrogens with one attached hydrogen (secondary N) is 2. The van der Waals surface area contributed by atoms with Crippen LogP contribution in [0.15, 0.2) is 36.5 Å². The van der Waals surface area contributed by atoms with E-state index in [4.69, 9.17) is 12.2 Å². The second-order valence-electron chi connectivity index (χ2n) is 3.95. The fourth-order valence-corrected chi connectivity index (χ4v) is 1.95. The number of hydrogen-bond acceptors (Lipinski definition) is 2. The number of benzene rings is 1. The Bertz CT molecular complexity index is 443. The number of rotatable bonds is 7. The smallest absolute Gasteiger partial charge is 0.207 e. The second kappa shape index (κ2) is 7.61. The molecule has 0 spiro atoms. The first-order valence-corrected chi connectivity index (χ1v) is 6.29. The van der Waals surface area contributed by atoms with Gasteiger partial charge in [-0.25, -0.2) is 0 Å². The van der Waals surface area contributed by atoms with Crippen LogP contribution >= 0.6 is 12.2 Å². The minimum Gasteiger partial charge on any atom is -0.352 e. The van der Waals surface area contributed by atoms with E-state index in [9.17, 15) is 4.79 Å². The summed E-state index contributed by atoms with van der Waals surface area (Å²) in [5.41, 5.74) is 3.41. The van der Waals surface area contributed by atoms with Crippen molar-refractivity contribution >= 4 is 23.6 Å². The highest BCUT2D eigenvalue weighted by atomic mass is 32.1. The number of carbonyl (C=O) groups is 1. The van der Waals surface area contributed by atoms with Gasteiger partial charge in [0.1, 0.15) is 0 Å². The first-order chi connectivity index (χ1) is 8.67. The third-order valence-electron chi connectivity index (χ3n) is 2.57. The standard InChI is InChI=1S/C14H18N2OS/c1-3-12-6-4-5-7-13(12)8-11(2)16-14(18)9-15-10-17/h4-7,10H,2-3,8-9H2,1H3,(H,15,17)(H,16,18). The number of hydrogen-bond donors (Lipinski definition) is 2. The highest BCUT2D eigenvalue weighted by Gasteiger charge is 2.03. The van der Waals surface area contributed by atoms with Crippen molar-refractivity contribution in [1.82, 2.24) is 10.6 Å². The Kier molecular flexibility index (Phi) is 6.08. The van der Waals surface area contributed by atoms with Crippen molar-refractivity contribution in [3.8, 4) is 0 Å². The van der Waals surface area contributed by atoms with E-state index < -0.39 is 0 Å². The first kappa shape index (κ1) is 14.4. The van der Waals surface area contributed by atoms with Crippen molar-refractivity contribution in [2.24, 2.45) is 0 Å². The van der Waals surface area contributed by atoms with Crippen LogP contribution in [0.25, 0.3) is 0 Å². The van der Waals surface area contributed by atoms with Gasteiger partial charge >= 0.3 is 0 Å². The van der Waals surface area contributed by atoms with Crippen molar-refractivity contribution in [1.29, 1.82) is 0 Å². The van der Waals surface area contributed by atoms with Crippen LogP contribution in [0, 0.1) is 0 Å². The Morgan fingerprint density at radius 3 is 2.67 bits per heavy atom. The lowest BCUT2D eigenvalue weighted by atomic mass is 10.0. The van der Waals surface area contributed by atoms with E-state index in [1.165, 1.54) is 11.1 Å². The van der Waals surface area contributed by atoms with Crippen molar-refractivity contribution in [3.63, 3.8) is 0 Å². The zero-order chi connectivity index (χ0) is 13.4. The van der Waals surface area contributed by atoms with E-state index in [1.54, 1.807) is 0 Å². The van der Waals surface area contributed by atoms with Crippen molar-refractivity contribution in [3.05, 3.63) is 47.7 Å². The third-order valence-corrected chi connectivity index (χ3v) is 2.81. The second-order valence-corrected chi connectivity index (χ2v) is 4.44. The van der Waals surface area contributed by atoms with Crippen LogP contribution in [0.3, 0.4) is 0 Å². The predicted molar refractivity (Wildman–Crippen MR) is 78.5 cm³/mol. The molecule has 18 heavy (non-hydrogen) atoms. The molecule has 0 aliphatic heterocycles. The largest absolute Gasteiger partial charge is 0.352 e. The Morgan fingerprint density at radius 1 is 1.39 bits per heavy atom. The third kappa shape index (κ3) is 4.67. The fourth-order valence-electron chi connectivity index (χ4n) is 1.72. The predicted octanol–water partition coefficient (Wildman–Crippen LogP) is 1.97. The van der Waals surface area contributed by atoms with Crippen molar-refractivity contribution in [2.45, 2.75) is 19.8 Å². The van der Waals surface area contributed by atoms with Gasteiger partial charge in [0.2, 0.25) is 6.41 Å². The normalized spacial score (nSPS) is 9.61.